The van der Waals surface area contributed by atoms with Crippen LogP contribution in [-0.2, 0) is 9.59 Å². The predicted octanol–water partition coefficient (Wildman–Crippen LogP) is 2.17. The molecule has 20 heavy (non-hydrogen) atoms. The molecule has 1 aromatic carbocycles. The number of rotatable bonds is 4. The first-order valence-electron chi connectivity index (χ1n) is 6.58. The number of hydrogen-bond donors (Lipinski definition) is 2. The second-order valence-electron chi connectivity index (χ2n) is 4.88. The highest BCUT2D eigenvalue weighted by atomic mass is 127. The number of anilines is 1. The van der Waals surface area contributed by atoms with Crippen LogP contribution in [0.3, 0.4) is 0 Å². The van der Waals surface area contributed by atoms with E-state index in [9.17, 15) is 9.59 Å². The maximum Gasteiger partial charge on any atom is 0.320 e. The van der Waals surface area contributed by atoms with Crippen molar-refractivity contribution in [1.82, 2.24) is 4.90 Å². The van der Waals surface area contributed by atoms with Crippen LogP contribution < -0.4 is 5.32 Å². The number of piperidine rings is 1. The van der Waals surface area contributed by atoms with Crippen LogP contribution in [0.15, 0.2) is 24.3 Å². The maximum absolute atomic E-state index is 12.0. The van der Waals surface area contributed by atoms with Crippen molar-refractivity contribution in [2.75, 3.05) is 18.4 Å². The molecule has 1 saturated heterocycles. The molecule has 1 atom stereocenters. The van der Waals surface area contributed by atoms with E-state index in [4.69, 9.17) is 5.11 Å². The van der Waals surface area contributed by atoms with Gasteiger partial charge in [-0.1, -0.05) is 6.42 Å². The number of benzene rings is 1. The Morgan fingerprint density at radius 3 is 2.65 bits per heavy atom. The molecule has 2 N–H and O–H groups in total. The lowest BCUT2D eigenvalue weighted by molar-refractivity contribution is -0.145. The molecule has 1 aliphatic rings. The zero-order valence-electron chi connectivity index (χ0n) is 11.0. The third-order valence-electron chi connectivity index (χ3n) is 3.37. The van der Waals surface area contributed by atoms with E-state index in [-0.39, 0.29) is 12.5 Å². The van der Waals surface area contributed by atoms with Crippen molar-refractivity contribution in [2.45, 2.75) is 25.3 Å². The summed E-state index contributed by atoms with van der Waals surface area (Å²) < 4.78 is 1.10. The molecule has 1 aromatic rings. The van der Waals surface area contributed by atoms with Gasteiger partial charge in [0.05, 0.1) is 6.54 Å². The van der Waals surface area contributed by atoms with E-state index in [1.165, 1.54) is 0 Å². The van der Waals surface area contributed by atoms with Gasteiger partial charge in [-0.15, -0.1) is 0 Å². The van der Waals surface area contributed by atoms with Gasteiger partial charge in [-0.3, -0.25) is 14.5 Å². The first-order valence-corrected chi connectivity index (χ1v) is 7.66. The monoisotopic (exact) mass is 388 g/mol. The Morgan fingerprint density at radius 2 is 2.00 bits per heavy atom. The topological polar surface area (TPSA) is 69.6 Å². The van der Waals surface area contributed by atoms with Crippen molar-refractivity contribution in [3.05, 3.63) is 27.8 Å². The average molecular weight is 388 g/mol. The fourth-order valence-corrected chi connectivity index (χ4v) is 2.74. The Labute approximate surface area is 131 Å². The number of carbonyl (C=O) groups excluding carboxylic acids is 1. The van der Waals surface area contributed by atoms with Gasteiger partial charge in [0, 0.05) is 9.26 Å². The van der Waals surface area contributed by atoms with E-state index in [0.717, 1.165) is 22.1 Å². The van der Waals surface area contributed by atoms with Crippen LogP contribution in [0, 0.1) is 3.57 Å². The van der Waals surface area contributed by atoms with Crippen molar-refractivity contribution < 1.29 is 14.7 Å². The lowest BCUT2D eigenvalue weighted by Gasteiger charge is -2.32. The van der Waals surface area contributed by atoms with Crippen LogP contribution in [0.5, 0.6) is 0 Å². The maximum atomic E-state index is 12.0. The molecule has 108 valence electrons. The molecule has 0 aromatic heterocycles. The van der Waals surface area contributed by atoms with Gasteiger partial charge in [-0.25, -0.2) is 0 Å². The van der Waals surface area contributed by atoms with Crippen molar-refractivity contribution in [3.8, 4) is 0 Å². The largest absolute Gasteiger partial charge is 0.480 e. The minimum Gasteiger partial charge on any atom is -0.480 e. The minimum absolute atomic E-state index is 0.128. The Bertz CT molecular complexity index is 490. The average Bonchev–Trinajstić information content (AvgIpc) is 2.41. The molecule has 0 bridgehead atoms. The Hall–Kier alpha value is -1.15. The normalized spacial score (nSPS) is 19.6. The molecule has 0 saturated carbocycles. The molecule has 1 amide bonds. The fraction of sp³-hybridized carbons (Fsp3) is 0.429. The second kappa shape index (κ2) is 7.03. The molecular formula is C14H17IN2O3. The van der Waals surface area contributed by atoms with Crippen molar-refractivity contribution in [3.63, 3.8) is 0 Å². The molecule has 1 unspecified atom stereocenters. The summed E-state index contributed by atoms with van der Waals surface area (Å²) in [6.07, 6.45) is 2.47. The Kier molecular flexibility index (Phi) is 5.36. The Balaban J connectivity index is 1.92. The SMILES string of the molecule is O=C(CN1CCCCC1C(=O)O)Nc1ccc(I)cc1. The highest BCUT2D eigenvalue weighted by Gasteiger charge is 2.29. The molecule has 1 fully saturated rings. The summed E-state index contributed by atoms with van der Waals surface area (Å²) in [5, 5.41) is 12.0. The van der Waals surface area contributed by atoms with Crippen LogP contribution in [0.1, 0.15) is 19.3 Å². The van der Waals surface area contributed by atoms with E-state index in [1.807, 2.05) is 24.3 Å². The number of likely N-dealkylation sites (tertiary alicyclic amines) is 1. The number of carboxylic acids is 1. The van der Waals surface area contributed by atoms with Gasteiger partial charge in [0.1, 0.15) is 6.04 Å². The van der Waals surface area contributed by atoms with Gasteiger partial charge < -0.3 is 10.4 Å². The van der Waals surface area contributed by atoms with Crippen molar-refractivity contribution in [1.29, 1.82) is 0 Å². The van der Waals surface area contributed by atoms with Gasteiger partial charge >= 0.3 is 5.97 Å². The summed E-state index contributed by atoms with van der Waals surface area (Å²) in [5.41, 5.74) is 0.735. The molecule has 0 aliphatic carbocycles. The zero-order chi connectivity index (χ0) is 14.5. The van der Waals surface area contributed by atoms with E-state index in [2.05, 4.69) is 27.9 Å². The second-order valence-corrected chi connectivity index (χ2v) is 6.12. The highest BCUT2D eigenvalue weighted by Crippen LogP contribution is 2.17. The highest BCUT2D eigenvalue weighted by molar-refractivity contribution is 14.1. The minimum atomic E-state index is -0.841. The number of carboxylic acid groups (broad SMARTS) is 1. The summed E-state index contributed by atoms with van der Waals surface area (Å²) >= 11 is 2.20. The van der Waals surface area contributed by atoms with Crippen LogP contribution in [0.2, 0.25) is 0 Å². The van der Waals surface area contributed by atoms with E-state index >= 15 is 0 Å². The van der Waals surface area contributed by atoms with Gasteiger partial charge in [-0.05, 0) is 66.2 Å². The van der Waals surface area contributed by atoms with Crippen LogP contribution in [0.25, 0.3) is 0 Å². The number of amides is 1. The van der Waals surface area contributed by atoms with E-state index in [0.29, 0.717) is 13.0 Å². The van der Waals surface area contributed by atoms with Crippen LogP contribution in [-0.4, -0.2) is 41.0 Å². The summed E-state index contributed by atoms with van der Waals surface area (Å²) in [4.78, 5) is 24.9. The smallest absolute Gasteiger partial charge is 0.320 e. The van der Waals surface area contributed by atoms with Gasteiger partial charge in [0.15, 0.2) is 0 Å². The molecule has 6 heteroatoms. The summed E-state index contributed by atoms with van der Waals surface area (Å²) in [6, 6.07) is 6.97. The quantitative estimate of drug-likeness (QED) is 0.776. The Morgan fingerprint density at radius 1 is 1.30 bits per heavy atom. The summed E-state index contributed by atoms with van der Waals surface area (Å²) in [7, 11) is 0. The number of halogens is 1. The van der Waals surface area contributed by atoms with Crippen LogP contribution in [0.4, 0.5) is 5.69 Å². The molecular weight excluding hydrogens is 371 g/mol. The molecule has 5 nitrogen and oxygen atoms in total. The summed E-state index contributed by atoms with van der Waals surface area (Å²) in [6.45, 7) is 0.792. The first-order chi connectivity index (χ1) is 9.56. The predicted molar refractivity (Wildman–Crippen MR) is 84.6 cm³/mol. The van der Waals surface area contributed by atoms with Crippen molar-refractivity contribution in [2.24, 2.45) is 0 Å². The lowest BCUT2D eigenvalue weighted by atomic mass is 10.0. The van der Waals surface area contributed by atoms with Gasteiger partial charge in [-0.2, -0.15) is 0 Å². The first kappa shape index (κ1) is 15.2. The van der Waals surface area contributed by atoms with Crippen LogP contribution >= 0.6 is 22.6 Å². The molecule has 1 aliphatic heterocycles. The molecule has 1 heterocycles. The zero-order valence-corrected chi connectivity index (χ0v) is 13.2. The standard InChI is InChI=1S/C14H17IN2O3/c15-10-4-6-11(7-5-10)16-13(18)9-17-8-2-1-3-12(17)14(19)20/h4-7,12H,1-3,8-9H2,(H,16,18)(H,19,20). The van der Waals surface area contributed by atoms with E-state index in [1.54, 1.807) is 4.90 Å². The third-order valence-corrected chi connectivity index (χ3v) is 4.09. The molecule has 0 radical (unpaired) electrons. The summed E-state index contributed by atoms with van der Waals surface area (Å²) in [5.74, 6) is -1.01. The molecule has 0 spiro atoms. The third kappa shape index (κ3) is 4.17. The van der Waals surface area contributed by atoms with E-state index < -0.39 is 12.0 Å². The number of aliphatic carboxylic acids is 1. The number of hydrogen-bond acceptors (Lipinski definition) is 3. The van der Waals surface area contributed by atoms with Gasteiger partial charge in [0.2, 0.25) is 5.91 Å². The molecule has 2 rings (SSSR count). The fourth-order valence-electron chi connectivity index (χ4n) is 2.38. The lowest BCUT2D eigenvalue weighted by Crippen LogP contribution is -2.47. The number of nitrogens with one attached hydrogen (secondary N) is 1. The number of carbonyl (C=O) groups is 2. The number of nitrogens with zero attached hydrogens (tertiary/aromatic N) is 1. The van der Waals surface area contributed by atoms with Crippen molar-refractivity contribution >= 4 is 40.2 Å². The van der Waals surface area contributed by atoms with Gasteiger partial charge in [0.25, 0.3) is 0 Å².